The van der Waals surface area contributed by atoms with Crippen molar-refractivity contribution in [1.29, 1.82) is 0 Å². The summed E-state index contributed by atoms with van der Waals surface area (Å²) < 4.78 is 11.0. The summed E-state index contributed by atoms with van der Waals surface area (Å²) in [5.41, 5.74) is 0. The van der Waals surface area contributed by atoms with Crippen molar-refractivity contribution in [2.45, 2.75) is 12.8 Å². The molecule has 2 heterocycles. The van der Waals surface area contributed by atoms with Gasteiger partial charge in [0.2, 0.25) is 0 Å². The van der Waals surface area contributed by atoms with Gasteiger partial charge in [-0.2, -0.15) is 0 Å². The summed E-state index contributed by atoms with van der Waals surface area (Å²) >= 11 is 9.63. The molecule has 1 aliphatic heterocycles. The number of rotatable bonds is 5. The topological polar surface area (TPSA) is 59.8 Å². The van der Waals surface area contributed by atoms with E-state index in [2.05, 4.69) is 20.7 Å². The van der Waals surface area contributed by atoms with Crippen molar-refractivity contribution in [2.24, 2.45) is 0 Å². The molecule has 112 valence electrons. The van der Waals surface area contributed by atoms with Gasteiger partial charge in [-0.1, -0.05) is 24.0 Å². The normalized spacial score (nSPS) is 16.9. The second-order valence-corrected chi connectivity index (χ2v) is 6.61. The third-order valence-electron chi connectivity index (χ3n) is 2.73. The Balaban J connectivity index is 1.99. The zero-order valence-corrected chi connectivity index (χ0v) is 14.3. The Bertz CT molecular complexity index is 611. The first-order valence-electron chi connectivity index (χ1n) is 6.09. The lowest BCUT2D eigenvalue weighted by Gasteiger charge is -2.13. The van der Waals surface area contributed by atoms with Gasteiger partial charge in [0.1, 0.15) is 10.1 Å². The molecule has 1 fully saturated rings. The molecule has 8 heteroatoms. The van der Waals surface area contributed by atoms with Gasteiger partial charge in [0.15, 0.2) is 4.67 Å². The van der Waals surface area contributed by atoms with Crippen LogP contribution in [0.1, 0.15) is 18.6 Å². The summed E-state index contributed by atoms with van der Waals surface area (Å²) in [6, 6.07) is 3.51. The predicted molar refractivity (Wildman–Crippen MR) is 87.5 cm³/mol. The summed E-state index contributed by atoms with van der Waals surface area (Å²) in [7, 11) is 1.34. The molecule has 0 unspecified atom stereocenters. The molecule has 2 rings (SSSR count). The number of amides is 1. The number of halogens is 1. The highest BCUT2D eigenvalue weighted by molar-refractivity contribution is 9.10. The van der Waals surface area contributed by atoms with Crippen LogP contribution in [0.2, 0.25) is 0 Å². The molecule has 0 atom stereocenters. The number of carbonyl (C=O) groups excluding carboxylic acids is 2. The van der Waals surface area contributed by atoms with Gasteiger partial charge in [-0.05, 0) is 34.5 Å². The van der Waals surface area contributed by atoms with Crippen molar-refractivity contribution in [3.63, 3.8) is 0 Å². The fraction of sp³-hybridized carbons (Fsp3) is 0.308. The van der Waals surface area contributed by atoms with Crippen molar-refractivity contribution in [3.05, 3.63) is 27.5 Å². The molecule has 0 aromatic carbocycles. The highest BCUT2D eigenvalue weighted by Crippen LogP contribution is 2.33. The number of furan rings is 1. The van der Waals surface area contributed by atoms with Crippen molar-refractivity contribution in [1.82, 2.24) is 4.90 Å². The third kappa shape index (κ3) is 4.18. The van der Waals surface area contributed by atoms with Gasteiger partial charge in [-0.25, -0.2) is 0 Å². The van der Waals surface area contributed by atoms with Gasteiger partial charge in [0, 0.05) is 19.0 Å². The van der Waals surface area contributed by atoms with Crippen LogP contribution in [0, 0.1) is 0 Å². The molecule has 0 aliphatic carbocycles. The lowest BCUT2D eigenvalue weighted by molar-refractivity contribution is -0.141. The fourth-order valence-corrected chi connectivity index (χ4v) is 3.32. The summed E-state index contributed by atoms with van der Waals surface area (Å²) in [4.78, 5) is 25.3. The Labute approximate surface area is 139 Å². The van der Waals surface area contributed by atoms with Crippen LogP contribution < -0.4 is 0 Å². The molecule has 1 aromatic rings. The van der Waals surface area contributed by atoms with Crippen LogP contribution >= 0.6 is 39.9 Å². The highest BCUT2D eigenvalue weighted by Gasteiger charge is 2.31. The molecule has 0 radical (unpaired) electrons. The van der Waals surface area contributed by atoms with E-state index in [1.807, 2.05) is 0 Å². The lowest BCUT2D eigenvalue weighted by Crippen LogP contribution is -2.29. The minimum atomic E-state index is -0.295. The monoisotopic (exact) mass is 389 g/mol. The standard InChI is InChI=1S/C13H12BrNO4S2/c1-18-11(16)3-2-6-15-12(17)9(21-13(15)20)7-8-4-5-10(14)19-8/h4-5,7H,2-3,6H2,1H3/b9-7-. The summed E-state index contributed by atoms with van der Waals surface area (Å²) in [5.74, 6) is 0.121. The number of thioether (sulfide) groups is 1. The minimum Gasteiger partial charge on any atom is -0.469 e. The first-order valence-corrected chi connectivity index (χ1v) is 8.10. The van der Waals surface area contributed by atoms with E-state index in [0.717, 1.165) is 0 Å². The smallest absolute Gasteiger partial charge is 0.305 e. The molecule has 1 saturated heterocycles. The molecule has 0 spiro atoms. The second kappa shape index (κ2) is 7.24. The first kappa shape index (κ1) is 16.3. The van der Waals surface area contributed by atoms with E-state index in [-0.39, 0.29) is 18.3 Å². The Hall–Kier alpha value is -1.12. The van der Waals surface area contributed by atoms with Crippen LogP contribution in [0.4, 0.5) is 0 Å². The minimum absolute atomic E-state index is 0.164. The largest absolute Gasteiger partial charge is 0.469 e. The number of thiocarbonyl (C=S) groups is 1. The average Bonchev–Trinajstić information content (AvgIpc) is 2.97. The van der Waals surface area contributed by atoms with Crippen molar-refractivity contribution in [3.8, 4) is 0 Å². The molecule has 0 N–H and O–H groups in total. The maximum Gasteiger partial charge on any atom is 0.305 e. The van der Waals surface area contributed by atoms with Crippen molar-refractivity contribution < 1.29 is 18.7 Å². The number of hydrogen-bond donors (Lipinski definition) is 0. The fourth-order valence-electron chi connectivity index (χ4n) is 1.71. The molecule has 1 aliphatic rings. The Morgan fingerprint density at radius 1 is 1.57 bits per heavy atom. The maximum absolute atomic E-state index is 12.3. The Morgan fingerprint density at radius 2 is 2.33 bits per heavy atom. The van der Waals surface area contributed by atoms with E-state index < -0.39 is 0 Å². The van der Waals surface area contributed by atoms with E-state index in [4.69, 9.17) is 16.6 Å². The molecule has 0 bridgehead atoms. The zero-order valence-electron chi connectivity index (χ0n) is 11.1. The summed E-state index contributed by atoms with van der Waals surface area (Å²) in [6.07, 6.45) is 2.43. The van der Waals surface area contributed by atoms with Gasteiger partial charge in [-0.3, -0.25) is 14.5 Å². The molecule has 0 saturated carbocycles. The molecule has 21 heavy (non-hydrogen) atoms. The summed E-state index contributed by atoms with van der Waals surface area (Å²) in [6.45, 7) is 0.402. The number of methoxy groups -OCH3 is 1. The van der Waals surface area contributed by atoms with E-state index >= 15 is 0 Å². The highest BCUT2D eigenvalue weighted by atomic mass is 79.9. The Kier molecular flexibility index (Phi) is 5.60. The molecular formula is C13H12BrNO4S2. The van der Waals surface area contributed by atoms with Crippen molar-refractivity contribution >= 4 is 62.2 Å². The number of esters is 1. The SMILES string of the molecule is COC(=O)CCCN1C(=O)/C(=C/c2ccc(Br)o2)SC1=S. The average molecular weight is 390 g/mol. The summed E-state index contributed by atoms with van der Waals surface area (Å²) in [5, 5.41) is 0. The van der Waals surface area contributed by atoms with Crippen LogP contribution in [-0.2, 0) is 14.3 Å². The van der Waals surface area contributed by atoms with Crippen LogP contribution in [0.5, 0.6) is 0 Å². The predicted octanol–water partition coefficient (Wildman–Crippen LogP) is 3.20. The van der Waals surface area contributed by atoms with Crippen molar-refractivity contribution in [2.75, 3.05) is 13.7 Å². The van der Waals surface area contributed by atoms with E-state index in [9.17, 15) is 9.59 Å². The second-order valence-electron chi connectivity index (χ2n) is 4.15. The van der Waals surface area contributed by atoms with Gasteiger partial charge < -0.3 is 9.15 Å². The zero-order chi connectivity index (χ0) is 15.4. The van der Waals surface area contributed by atoms with Crippen LogP contribution in [-0.4, -0.2) is 34.8 Å². The number of hydrogen-bond acceptors (Lipinski definition) is 6. The van der Waals surface area contributed by atoms with Gasteiger partial charge in [0.05, 0.1) is 12.0 Å². The van der Waals surface area contributed by atoms with Crippen LogP contribution in [0.25, 0.3) is 6.08 Å². The van der Waals surface area contributed by atoms with Crippen LogP contribution in [0.3, 0.4) is 0 Å². The van der Waals surface area contributed by atoms with Crippen LogP contribution in [0.15, 0.2) is 26.1 Å². The number of nitrogens with zero attached hydrogens (tertiary/aromatic N) is 1. The number of ether oxygens (including phenoxy) is 1. The first-order chi connectivity index (χ1) is 10.0. The van der Waals surface area contributed by atoms with E-state index in [1.54, 1.807) is 18.2 Å². The Morgan fingerprint density at radius 3 is 2.95 bits per heavy atom. The number of carbonyl (C=O) groups is 2. The van der Waals surface area contributed by atoms with E-state index in [1.165, 1.54) is 23.8 Å². The van der Waals surface area contributed by atoms with Gasteiger partial charge in [0.25, 0.3) is 5.91 Å². The molecular weight excluding hydrogens is 378 g/mol. The lowest BCUT2D eigenvalue weighted by atomic mass is 10.3. The third-order valence-corrected chi connectivity index (χ3v) is 4.54. The van der Waals surface area contributed by atoms with E-state index in [0.29, 0.717) is 32.6 Å². The maximum atomic E-state index is 12.3. The molecule has 5 nitrogen and oxygen atoms in total. The van der Waals surface area contributed by atoms with Gasteiger partial charge in [-0.15, -0.1) is 0 Å². The molecule has 1 amide bonds. The van der Waals surface area contributed by atoms with Gasteiger partial charge >= 0.3 is 5.97 Å². The quantitative estimate of drug-likeness (QED) is 0.437. The molecule has 1 aromatic heterocycles.